The molecule has 6 nitrogen and oxygen atoms in total. The van der Waals surface area contributed by atoms with E-state index in [1.807, 2.05) is 6.07 Å². The van der Waals surface area contributed by atoms with E-state index < -0.39 is 0 Å². The number of nitriles is 1. The Labute approximate surface area is 139 Å². The first-order valence-electron chi connectivity index (χ1n) is 7.73. The molecule has 0 aliphatic carbocycles. The lowest BCUT2D eigenvalue weighted by Gasteiger charge is -2.15. The van der Waals surface area contributed by atoms with Crippen molar-refractivity contribution >= 4 is 17.5 Å². The summed E-state index contributed by atoms with van der Waals surface area (Å²) in [6.45, 7) is 1.50. The van der Waals surface area contributed by atoms with E-state index >= 15 is 0 Å². The highest BCUT2D eigenvalue weighted by molar-refractivity contribution is 6.05. The zero-order valence-corrected chi connectivity index (χ0v) is 13.0. The average molecular weight is 320 g/mol. The fourth-order valence-corrected chi connectivity index (χ4v) is 2.62. The van der Waals surface area contributed by atoms with Gasteiger partial charge in [-0.15, -0.1) is 0 Å². The number of pyridine rings is 1. The average Bonchev–Trinajstić information content (AvgIpc) is 3.16. The van der Waals surface area contributed by atoms with Gasteiger partial charge in [-0.25, -0.2) is 0 Å². The summed E-state index contributed by atoms with van der Waals surface area (Å²) in [5, 5.41) is 11.5. The highest BCUT2D eigenvalue weighted by Crippen LogP contribution is 2.15. The molecule has 0 atom stereocenters. The molecule has 120 valence electrons. The SMILES string of the molecule is N#Cc1ccc(NC(=O)c2cncc(C(=O)N3CCCC3)c2)cc1. The molecule has 2 amide bonds. The summed E-state index contributed by atoms with van der Waals surface area (Å²) in [5.41, 5.74) is 1.84. The molecule has 1 fully saturated rings. The third-order valence-corrected chi connectivity index (χ3v) is 3.91. The van der Waals surface area contributed by atoms with E-state index in [1.165, 1.54) is 12.4 Å². The highest BCUT2D eigenvalue weighted by Gasteiger charge is 2.20. The van der Waals surface area contributed by atoms with Crippen molar-refractivity contribution in [2.45, 2.75) is 12.8 Å². The number of likely N-dealkylation sites (tertiary alicyclic amines) is 1. The second kappa shape index (κ2) is 6.92. The Bertz CT molecular complexity index is 803. The van der Waals surface area contributed by atoms with Crippen molar-refractivity contribution in [3.63, 3.8) is 0 Å². The smallest absolute Gasteiger partial charge is 0.257 e. The summed E-state index contributed by atoms with van der Waals surface area (Å²) < 4.78 is 0. The van der Waals surface area contributed by atoms with Gasteiger partial charge in [0.05, 0.1) is 22.8 Å². The molecule has 3 rings (SSSR count). The zero-order chi connectivity index (χ0) is 16.9. The van der Waals surface area contributed by atoms with Crippen LogP contribution in [0.2, 0.25) is 0 Å². The molecule has 1 aromatic carbocycles. The van der Waals surface area contributed by atoms with Crippen LogP contribution >= 0.6 is 0 Å². The lowest BCUT2D eigenvalue weighted by atomic mass is 10.1. The Hall–Kier alpha value is -3.20. The van der Waals surface area contributed by atoms with Gasteiger partial charge in [-0.05, 0) is 43.2 Å². The molecule has 2 heterocycles. The molecule has 0 saturated carbocycles. The van der Waals surface area contributed by atoms with Crippen LogP contribution in [0.15, 0.2) is 42.7 Å². The third kappa shape index (κ3) is 3.41. The minimum absolute atomic E-state index is 0.0898. The van der Waals surface area contributed by atoms with Crippen molar-refractivity contribution in [2.24, 2.45) is 0 Å². The van der Waals surface area contributed by atoms with Crippen LogP contribution in [-0.4, -0.2) is 34.8 Å². The van der Waals surface area contributed by atoms with Crippen molar-refractivity contribution in [2.75, 3.05) is 18.4 Å². The number of carbonyl (C=O) groups excluding carboxylic acids is 2. The van der Waals surface area contributed by atoms with Crippen molar-refractivity contribution < 1.29 is 9.59 Å². The van der Waals surface area contributed by atoms with E-state index in [0.717, 1.165) is 25.9 Å². The molecule has 0 unspecified atom stereocenters. The van der Waals surface area contributed by atoms with Gasteiger partial charge in [-0.3, -0.25) is 14.6 Å². The van der Waals surface area contributed by atoms with Gasteiger partial charge in [0.15, 0.2) is 0 Å². The Balaban J connectivity index is 1.73. The van der Waals surface area contributed by atoms with E-state index in [1.54, 1.807) is 35.2 Å². The van der Waals surface area contributed by atoms with E-state index in [9.17, 15) is 9.59 Å². The van der Waals surface area contributed by atoms with Crippen LogP contribution in [0, 0.1) is 11.3 Å². The highest BCUT2D eigenvalue weighted by atomic mass is 16.2. The monoisotopic (exact) mass is 320 g/mol. The molecular formula is C18H16N4O2. The summed E-state index contributed by atoms with van der Waals surface area (Å²) in [7, 11) is 0. The molecule has 0 radical (unpaired) electrons. The lowest BCUT2D eigenvalue weighted by Crippen LogP contribution is -2.28. The quantitative estimate of drug-likeness (QED) is 0.941. The number of amides is 2. The van der Waals surface area contributed by atoms with Gasteiger partial charge in [0.25, 0.3) is 11.8 Å². The number of anilines is 1. The minimum Gasteiger partial charge on any atom is -0.339 e. The van der Waals surface area contributed by atoms with Crippen LogP contribution in [0.25, 0.3) is 0 Å². The summed E-state index contributed by atoms with van der Waals surface area (Å²) in [5.74, 6) is -0.434. The number of hydrogen-bond donors (Lipinski definition) is 1. The van der Waals surface area contributed by atoms with Crippen LogP contribution < -0.4 is 5.32 Å². The first-order valence-corrected chi connectivity index (χ1v) is 7.73. The fourth-order valence-electron chi connectivity index (χ4n) is 2.62. The summed E-state index contributed by atoms with van der Waals surface area (Å²) in [6.07, 6.45) is 4.94. The van der Waals surface area contributed by atoms with Crippen LogP contribution in [0.1, 0.15) is 39.1 Å². The number of hydrogen-bond acceptors (Lipinski definition) is 4. The molecule has 24 heavy (non-hydrogen) atoms. The molecule has 1 aliphatic heterocycles. The summed E-state index contributed by atoms with van der Waals surface area (Å²) in [6, 6.07) is 10.1. The van der Waals surface area contributed by atoms with Gasteiger partial charge in [0.1, 0.15) is 0 Å². The Morgan fingerprint density at radius 1 is 1.08 bits per heavy atom. The summed E-state index contributed by atoms with van der Waals surface area (Å²) in [4.78, 5) is 30.5. The maximum atomic E-state index is 12.4. The molecule has 0 spiro atoms. The van der Waals surface area contributed by atoms with Crippen molar-refractivity contribution in [1.29, 1.82) is 5.26 Å². The van der Waals surface area contributed by atoms with Crippen molar-refractivity contribution in [1.82, 2.24) is 9.88 Å². The molecule has 0 bridgehead atoms. The Kier molecular flexibility index (Phi) is 4.52. The zero-order valence-electron chi connectivity index (χ0n) is 13.0. The largest absolute Gasteiger partial charge is 0.339 e. The standard InChI is InChI=1S/C18H16N4O2/c19-10-13-3-5-16(6-4-13)21-17(23)14-9-15(12-20-11-14)18(24)22-7-1-2-8-22/h3-6,9,11-12H,1-2,7-8H2,(H,21,23). The van der Waals surface area contributed by atoms with Crippen LogP contribution in [0.5, 0.6) is 0 Å². The molecule has 6 heteroatoms. The number of aromatic nitrogens is 1. The second-order valence-electron chi connectivity index (χ2n) is 5.60. The maximum absolute atomic E-state index is 12.4. The third-order valence-electron chi connectivity index (χ3n) is 3.91. The van der Waals surface area contributed by atoms with Crippen molar-refractivity contribution in [3.8, 4) is 6.07 Å². The lowest BCUT2D eigenvalue weighted by molar-refractivity contribution is 0.0792. The van der Waals surface area contributed by atoms with Gasteiger partial charge in [0, 0.05) is 31.2 Å². The number of benzene rings is 1. The molecule has 1 aliphatic rings. The maximum Gasteiger partial charge on any atom is 0.257 e. The number of nitrogens with one attached hydrogen (secondary N) is 1. The molecule has 2 aromatic rings. The number of rotatable bonds is 3. The van der Waals surface area contributed by atoms with Crippen molar-refractivity contribution in [3.05, 3.63) is 59.4 Å². The molecule has 1 aromatic heterocycles. The van der Waals surface area contributed by atoms with Gasteiger partial charge in [0.2, 0.25) is 0 Å². The van der Waals surface area contributed by atoms with Gasteiger partial charge < -0.3 is 10.2 Å². The summed E-state index contributed by atoms with van der Waals surface area (Å²) >= 11 is 0. The Morgan fingerprint density at radius 2 is 1.75 bits per heavy atom. The molecule has 1 N–H and O–H groups in total. The fraction of sp³-hybridized carbons (Fsp3) is 0.222. The predicted octanol–water partition coefficient (Wildman–Crippen LogP) is 2.44. The van der Waals surface area contributed by atoms with E-state index in [-0.39, 0.29) is 11.8 Å². The first-order chi connectivity index (χ1) is 11.7. The number of nitrogens with zero attached hydrogens (tertiary/aromatic N) is 3. The normalized spacial score (nSPS) is 13.4. The second-order valence-corrected chi connectivity index (χ2v) is 5.60. The van der Waals surface area contributed by atoms with Crippen LogP contribution in [0.4, 0.5) is 5.69 Å². The Morgan fingerprint density at radius 3 is 2.42 bits per heavy atom. The van der Waals surface area contributed by atoms with Gasteiger partial charge >= 0.3 is 0 Å². The molecular weight excluding hydrogens is 304 g/mol. The minimum atomic E-state index is -0.344. The van der Waals surface area contributed by atoms with E-state index in [4.69, 9.17) is 5.26 Å². The van der Waals surface area contributed by atoms with Crippen LogP contribution in [-0.2, 0) is 0 Å². The molecule has 1 saturated heterocycles. The van der Waals surface area contributed by atoms with E-state index in [0.29, 0.717) is 22.4 Å². The van der Waals surface area contributed by atoms with Gasteiger partial charge in [-0.2, -0.15) is 5.26 Å². The first kappa shape index (κ1) is 15.7. The van der Waals surface area contributed by atoms with Crippen LogP contribution in [0.3, 0.4) is 0 Å². The van der Waals surface area contributed by atoms with Gasteiger partial charge in [-0.1, -0.05) is 0 Å². The topological polar surface area (TPSA) is 86.1 Å². The van der Waals surface area contributed by atoms with E-state index in [2.05, 4.69) is 10.3 Å². The predicted molar refractivity (Wildman–Crippen MR) is 88.5 cm³/mol. The number of carbonyl (C=O) groups is 2.